The lowest BCUT2D eigenvalue weighted by atomic mass is 9.91. The monoisotopic (exact) mass is 326 g/mol. The van der Waals surface area contributed by atoms with E-state index in [1.807, 2.05) is 6.07 Å². The molecule has 3 rings (SSSR count). The Morgan fingerprint density at radius 2 is 2.16 bits per heavy atom. The molecular weight excluding hydrogens is 307 g/mol. The maximum absolute atomic E-state index is 14.2. The lowest BCUT2D eigenvalue weighted by Crippen LogP contribution is -2.63. The molecule has 19 heavy (non-hydrogen) atoms. The maximum atomic E-state index is 14.2. The normalized spacial score (nSPS) is 31.6. The van der Waals surface area contributed by atoms with Gasteiger partial charge in [-0.15, -0.1) is 0 Å². The molecule has 0 amide bonds. The van der Waals surface area contributed by atoms with Crippen molar-refractivity contribution < 1.29 is 4.39 Å². The Morgan fingerprint density at radius 3 is 2.79 bits per heavy atom. The molecule has 0 bridgehead atoms. The summed E-state index contributed by atoms with van der Waals surface area (Å²) in [6.07, 6.45) is 2.59. The predicted octanol–water partition coefficient (Wildman–Crippen LogP) is 3.56. The van der Waals surface area contributed by atoms with Crippen LogP contribution >= 0.6 is 15.9 Å². The van der Waals surface area contributed by atoms with E-state index in [0.29, 0.717) is 11.7 Å². The van der Waals surface area contributed by atoms with E-state index in [4.69, 9.17) is 0 Å². The van der Waals surface area contributed by atoms with Crippen LogP contribution in [0.3, 0.4) is 0 Å². The Hall–Kier alpha value is -0.610. The smallest absolute Gasteiger partial charge is 0.147 e. The number of nitrogens with one attached hydrogen (secondary N) is 1. The zero-order chi connectivity index (χ0) is 13.6. The van der Waals surface area contributed by atoms with Crippen molar-refractivity contribution in [3.8, 4) is 0 Å². The standard InChI is InChI=1S/C15H20BrFN2/c1-10-8-18-15(2,11-6-7-11)9-19(10)14-12(16)4-3-5-13(14)17/h3-5,10-11,18H,6-9H2,1-2H3. The average molecular weight is 327 g/mol. The van der Waals surface area contributed by atoms with Crippen LogP contribution in [0.25, 0.3) is 0 Å². The van der Waals surface area contributed by atoms with Crippen LogP contribution in [-0.4, -0.2) is 24.7 Å². The Kier molecular flexibility index (Phi) is 3.34. The highest BCUT2D eigenvalue weighted by Crippen LogP contribution is 2.43. The predicted molar refractivity (Wildman–Crippen MR) is 80.0 cm³/mol. The van der Waals surface area contributed by atoms with E-state index in [-0.39, 0.29) is 11.4 Å². The van der Waals surface area contributed by atoms with Gasteiger partial charge in [0.1, 0.15) is 5.82 Å². The summed E-state index contributed by atoms with van der Waals surface area (Å²) in [5.41, 5.74) is 0.831. The van der Waals surface area contributed by atoms with Crippen LogP contribution in [0, 0.1) is 11.7 Å². The molecule has 4 heteroatoms. The third kappa shape index (κ3) is 2.40. The number of piperazine rings is 1. The third-order valence-corrected chi connectivity index (χ3v) is 5.18. The summed E-state index contributed by atoms with van der Waals surface area (Å²) >= 11 is 3.50. The molecule has 1 aromatic carbocycles. The fraction of sp³-hybridized carbons (Fsp3) is 0.600. The molecule has 2 fully saturated rings. The van der Waals surface area contributed by atoms with Gasteiger partial charge in [0.25, 0.3) is 0 Å². The van der Waals surface area contributed by atoms with Crippen molar-refractivity contribution in [3.63, 3.8) is 0 Å². The van der Waals surface area contributed by atoms with Crippen molar-refractivity contribution in [3.05, 3.63) is 28.5 Å². The molecule has 2 aliphatic rings. The van der Waals surface area contributed by atoms with Crippen LogP contribution in [0.4, 0.5) is 10.1 Å². The van der Waals surface area contributed by atoms with Crippen molar-refractivity contribution >= 4 is 21.6 Å². The van der Waals surface area contributed by atoms with Gasteiger partial charge >= 0.3 is 0 Å². The maximum Gasteiger partial charge on any atom is 0.147 e. The number of nitrogens with zero attached hydrogens (tertiary/aromatic N) is 1. The van der Waals surface area contributed by atoms with Crippen molar-refractivity contribution in [2.75, 3.05) is 18.0 Å². The second kappa shape index (κ2) is 4.74. The molecule has 0 aromatic heterocycles. The van der Waals surface area contributed by atoms with E-state index in [1.165, 1.54) is 12.8 Å². The van der Waals surface area contributed by atoms with Crippen molar-refractivity contribution in [1.82, 2.24) is 5.32 Å². The fourth-order valence-corrected chi connectivity index (χ4v) is 3.68. The van der Waals surface area contributed by atoms with Gasteiger partial charge in [0.2, 0.25) is 0 Å². The number of anilines is 1. The van der Waals surface area contributed by atoms with Gasteiger partial charge in [-0.05, 0) is 60.7 Å². The van der Waals surface area contributed by atoms with E-state index in [1.54, 1.807) is 12.1 Å². The lowest BCUT2D eigenvalue weighted by Gasteiger charge is -2.47. The number of rotatable bonds is 2. The average Bonchev–Trinajstić information content (AvgIpc) is 3.18. The van der Waals surface area contributed by atoms with Crippen LogP contribution in [0.15, 0.2) is 22.7 Å². The van der Waals surface area contributed by atoms with Crippen molar-refractivity contribution in [1.29, 1.82) is 0 Å². The molecule has 0 spiro atoms. The number of para-hydroxylation sites is 1. The Labute approximate surface area is 122 Å². The molecule has 2 atom stereocenters. The topological polar surface area (TPSA) is 15.3 Å². The van der Waals surface area contributed by atoms with Crippen molar-refractivity contribution in [2.45, 2.75) is 38.3 Å². The highest BCUT2D eigenvalue weighted by Gasteiger charge is 2.45. The first kappa shape index (κ1) is 13.4. The van der Waals surface area contributed by atoms with Crippen LogP contribution < -0.4 is 10.2 Å². The molecule has 1 saturated carbocycles. The van der Waals surface area contributed by atoms with Crippen molar-refractivity contribution in [2.24, 2.45) is 5.92 Å². The minimum absolute atomic E-state index is 0.119. The molecule has 1 aliphatic carbocycles. The van der Waals surface area contributed by atoms with Gasteiger partial charge in [0.15, 0.2) is 0 Å². The summed E-state index contributed by atoms with van der Waals surface area (Å²) in [4.78, 5) is 2.22. The molecule has 1 saturated heterocycles. The summed E-state index contributed by atoms with van der Waals surface area (Å²) in [5.74, 6) is 0.606. The highest BCUT2D eigenvalue weighted by atomic mass is 79.9. The number of hydrogen-bond acceptors (Lipinski definition) is 2. The van der Waals surface area contributed by atoms with Gasteiger partial charge in [0.05, 0.1) is 5.69 Å². The molecule has 1 heterocycles. The van der Waals surface area contributed by atoms with Crippen LogP contribution in [0.2, 0.25) is 0 Å². The minimum atomic E-state index is -0.138. The van der Waals surface area contributed by atoms with Crippen LogP contribution in [0.1, 0.15) is 26.7 Å². The van der Waals surface area contributed by atoms with Crippen LogP contribution in [0.5, 0.6) is 0 Å². The molecule has 104 valence electrons. The van der Waals surface area contributed by atoms with Gasteiger partial charge in [0, 0.05) is 29.1 Å². The Bertz CT molecular complexity index is 469. The van der Waals surface area contributed by atoms with E-state index >= 15 is 0 Å². The molecular formula is C15H20BrFN2. The summed E-state index contributed by atoms with van der Waals surface area (Å²) < 4.78 is 15.0. The molecule has 0 radical (unpaired) electrons. The molecule has 2 unspecified atom stereocenters. The summed E-state index contributed by atoms with van der Waals surface area (Å²) in [6, 6.07) is 5.51. The zero-order valence-corrected chi connectivity index (χ0v) is 13.0. The minimum Gasteiger partial charge on any atom is -0.362 e. The lowest BCUT2D eigenvalue weighted by molar-refractivity contribution is 0.259. The van der Waals surface area contributed by atoms with E-state index in [9.17, 15) is 4.39 Å². The molecule has 1 aliphatic heterocycles. The Balaban J connectivity index is 1.93. The first-order valence-electron chi connectivity index (χ1n) is 6.97. The second-order valence-electron chi connectivity index (χ2n) is 6.12. The molecule has 1 aromatic rings. The number of benzene rings is 1. The van der Waals surface area contributed by atoms with Gasteiger partial charge in [-0.1, -0.05) is 6.07 Å². The summed E-state index contributed by atoms with van der Waals surface area (Å²) in [6.45, 7) is 6.21. The fourth-order valence-electron chi connectivity index (χ4n) is 3.11. The Morgan fingerprint density at radius 1 is 1.42 bits per heavy atom. The van der Waals surface area contributed by atoms with E-state index < -0.39 is 0 Å². The first-order chi connectivity index (χ1) is 9.01. The van der Waals surface area contributed by atoms with Gasteiger partial charge < -0.3 is 10.2 Å². The highest BCUT2D eigenvalue weighted by molar-refractivity contribution is 9.10. The zero-order valence-electron chi connectivity index (χ0n) is 11.4. The summed E-state index contributed by atoms with van der Waals surface area (Å²) in [7, 11) is 0. The number of hydrogen-bond donors (Lipinski definition) is 1. The van der Waals surface area contributed by atoms with Gasteiger partial charge in [-0.25, -0.2) is 4.39 Å². The summed E-state index contributed by atoms with van der Waals surface area (Å²) in [5, 5.41) is 3.67. The van der Waals surface area contributed by atoms with Gasteiger partial charge in [-0.3, -0.25) is 0 Å². The second-order valence-corrected chi connectivity index (χ2v) is 6.97. The van der Waals surface area contributed by atoms with E-state index in [2.05, 4.69) is 40.0 Å². The molecule has 1 N–H and O–H groups in total. The quantitative estimate of drug-likeness (QED) is 0.894. The SMILES string of the molecule is CC1CNC(C)(C2CC2)CN1c1c(F)cccc1Br. The first-order valence-corrected chi connectivity index (χ1v) is 7.76. The molecule has 2 nitrogen and oxygen atoms in total. The van der Waals surface area contributed by atoms with E-state index in [0.717, 1.165) is 23.5 Å². The van der Waals surface area contributed by atoms with Crippen LogP contribution in [-0.2, 0) is 0 Å². The largest absolute Gasteiger partial charge is 0.362 e. The number of halogens is 2. The third-order valence-electron chi connectivity index (χ3n) is 4.54. The van der Waals surface area contributed by atoms with Gasteiger partial charge in [-0.2, -0.15) is 0 Å².